The molecule has 1 aromatic carbocycles. The molecule has 5 heteroatoms. The van der Waals surface area contributed by atoms with E-state index >= 15 is 0 Å². The minimum atomic E-state index is -0.577. The molecule has 25 heavy (non-hydrogen) atoms. The second kappa shape index (κ2) is 13.4. The number of rotatable bonds is 14. The van der Waals surface area contributed by atoms with Crippen LogP contribution in [0, 0.1) is 0 Å². The van der Waals surface area contributed by atoms with Crippen LogP contribution in [0.4, 0.5) is 0 Å². The second-order valence-corrected chi connectivity index (χ2v) is 6.19. The van der Waals surface area contributed by atoms with Crippen molar-refractivity contribution >= 4 is 12.3 Å². The Bertz CT molecular complexity index is 479. The summed E-state index contributed by atoms with van der Waals surface area (Å²) >= 11 is 0. The second-order valence-electron chi connectivity index (χ2n) is 6.19. The Hall–Kier alpha value is -1.88. The lowest BCUT2D eigenvalue weighted by Gasteiger charge is -2.26. The van der Waals surface area contributed by atoms with Crippen molar-refractivity contribution in [1.82, 2.24) is 10.4 Å². The molecule has 0 radical (unpaired) electrons. The van der Waals surface area contributed by atoms with E-state index in [0.29, 0.717) is 19.4 Å². The van der Waals surface area contributed by atoms with E-state index in [1.807, 2.05) is 37.3 Å². The normalized spacial score (nSPS) is 11.8. The molecule has 0 aliphatic heterocycles. The predicted octanol–water partition coefficient (Wildman–Crippen LogP) is 3.83. The molecule has 1 aromatic rings. The first kappa shape index (κ1) is 21.2. The van der Waals surface area contributed by atoms with E-state index in [2.05, 4.69) is 12.2 Å². The zero-order valence-corrected chi connectivity index (χ0v) is 15.6. The Kier molecular flexibility index (Phi) is 11.4. The van der Waals surface area contributed by atoms with Gasteiger partial charge in [-0.1, -0.05) is 75.8 Å². The lowest BCUT2D eigenvalue weighted by atomic mass is 10.0. The van der Waals surface area contributed by atoms with Gasteiger partial charge in [-0.15, -0.1) is 0 Å². The van der Waals surface area contributed by atoms with Crippen molar-refractivity contribution < 1.29 is 14.4 Å². The summed E-state index contributed by atoms with van der Waals surface area (Å²) < 4.78 is 0. The minimum absolute atomic E-state index is 0.156. The van der Waals surface area contributed by atoms with E-state index in [1.165, 1.54) is 30.7 Å². The summed E-state index contributed by atoms with van der Waals surface area (Å²) in [5.41, 5.74) is 0.962. The fourth-order valence-corrected chi connectivity index (χ4v) is 2.70. The third-order valence-corrected chi connectivity index (χ3v) is 4.12. The SMILES string of the molecule is CCCCCCCC[C@H](C(=O)NCC)N(C=O)OCc1ccccc1. The molecular formula is C20H32N2O3. The van der Waals surface area contributed by atoms with Crippen molar-refractivity contribution in [2.24, 2.45) is 0 Å². The molecule has 0 aliphatic rings. The Morgan fingerprint density at radius 2 is 1.80 bits per heavy atom. The molecule has 0 saturated heterocycles. The van der Waals surface area contributed by atoms with Gasteiger partial charge >= 0.3 is 0 Å². The molecule has 1 rings (SSSR count). The molecule has 0 aliphatic carbocycles. The molecule has 0 fully saturated rings. The maximum atomic E-state index is 12.3. The maximum Gasteiger partial charge on any atom is 0.245 e. The van der Waals surface area contributed by atoms with Crippen LogP contribution in [0.5, 0.6) is 0 Å². The maximum absolute atomic E-state index is 12.3. The highest BCUT2D eigenvalue weighted by Gasteiger charge is 2.25. The van der Waals surface area contributed by atoms with Crippen molar-refractivity contribution in [3.8, 4) is 0 Å². The topological polar surface area (TPSA) is 58.6 Å². The van der Waals surface area contributed by atoms with Crippen molar-refractivity contribution in [3.05, 3.63) is 35.9 Å². The van der Waals surface area contributed by atoms with Gasteiger partial charge in [-0.3, -0.25) is 14.4 Å². The number of unbranched alkanes of at least 4 members (excludes halogenated alkanes) is 5. The van der Waals surface area contributed by atoms with E-state index < -0.39 is 6.04 Å². The number of likely N-dealkylation sites (N-methyl/N-ethyl adjacent to an activating group) is 1. The third kappa shape index (κ3) is 8.68. The first-order valence-electron chi connectivity index (χ1n) is 9.41. The summed E-state index contributed by atoms with van der Waals surface area (Å²) in [5.74, 6) is -0.156. The number of hydrogen-bond donors (Lipinski definition) is 1. The van der Waals surface area contributed by atoms with Gasteiger partial charge in [-0.25, -0.2) is 5.06 Å². The minimum Gasteiger partial charge on any atom is -0.355 e. The standard InChI is InChI=1S/C20H32N2O3/c1-3-5-6-7-8-12-15-19(20(24)21-4-2)22(17-23)25-16-18-13-10-9-11-14-18/h9-11,13-14,17,19H,3-8,12,15-16H2,1-2H3,(H,21,24)/t19-/m1/s1. The molecule has 1 atom stereocenters. The van der Waals surface area contributed by atoms with Gasteiger partial charge < -0.3 is 5.32 Å². The van der Waals surface area contributed by atoms with Gasteiger partial charge in [-0.2, -0.15) is 0 Å². The molecule has 0 bridgehead atoms. The van der Waals surface area contributed by atoms with Crippen LogP contribution >= 0.6 is 0 Å². The molecule has 0 saturated carbocycles. The van der Waals surface area contributed by atoms with Crippen LogP contribution in [0.15, 0.2) is 30.3 Å². The van der Waals surface area contributed by atoms with E-state index in [9.17, 15) is 9.59 Å². The molecular weight excluding hydrogens is 316 g/mol. The van der Waals surface area contributed by atoms with Crippen LogP contribution in [0.1, 0.15) is 64.4 Å². The van der Waals surface area contributed by atoms with Crippen molar-refractivity contribution in [2.45, 2.75) is 71.4 Å². The van der Waals surface area contributed by atoms with Crippen LogP contribution in [-0.2, 0) is 21.0 Å². The van der Waals surface area contributed by atoms with Gasteiger partial charge in [0.25, 0.3) is 0 Å². The first-order valence-corrected chi connectivity index (χ1v) is 9.41. The van der Waals surface area contributed by atoms with Crippen molar-refractivity contribution in [3.63, 3.8) is 0 Å². The number of benzene rings is 1. The van der Waals surface area contributed by atoms with Gasteiger partial charge in [-0.05, 0) is 18.9 Å². The number of hydrogen-bond acceptors (Lipinski definition) is 3. The quantitative estimate of drug-likeness (QED) is 0.316. The Morgan fingerprint density at radius 3 is 2.44 bits per heavy atom. The number of nitrogens with zero attached hydrogens (tertiary/aromatic N) is 1. The zero-order chi connectivity index (χ0) is 18.3. The van der Waals surface area contributed by atoms with Crippen LogP contribution < -0.4 is 5.32 Å². The largest absolute Gasteiger partial charge is 0.355 e. The number of amides is 2. The van der Waals surface area contributed by atoms with Crippen molar-refractivity contribution in [1.29, 1.82) is 0 Å². The average molecular weight is 348 g/mol. The van der Waals surface area contributed by atoms with Gasteiger partial charge in [0.05, 0.1) is 0 Å². The summed E-state index contributed by atoms with van der Waals surface area (Å²) in [5, 5.41) is 3.97. The highest BCUT2D eigenvalue weighted by Crippen LogP contribution is 2.14. The summed E-state index contributed by atoms with van der Waals surface area (Å²) in [7, 11) is 0. The lowest BCUT2D eigenvalue weighted by molar-refractivity contribution is -0.196. The van der Waals surface area contributed by atoms with Crippen molar-refractivity contribution in [2.75, 3.05) is 6.54 Å². The molecule has 0 aromatic heterocycles. The van der Waals surface area contributed by atoms with Crippen LogP contribution in [0.3, 0.4) is 0 Å². The van der Waals surface area contributed by atoms with Crippen LogP contribution in [0.2, 0.25) is 0 Å². The molecule has 0 unspecified atom stereocenters. The summed E-state index contributed by atoms with van der Waals surface area (Å²) in [6, 6.07) is 9.04. The molecule has 140 valence electrons. The zero-order valence-electron chi connectivity index (χ0n) is 15.6. The number of hydroxylamine groups is 2. The average Bonchev–Trinajstić information content (AvgIpc) is 2.64. The summed E-state index contributed by atoms with van der Waals surface area (Å²) in [4.78, 5) is 29.4. The number of nitrogens with one attached hydrogen (secondary N) is 1. The third-order valence-electron chi connectivity index (χ3n) is 4.12. The summed E-state index contributed by atoms with van der Waals surface area (Å²) in [6.07, 6.45) is 8.07. The number of carbonyl (C=O) groups excluding carboxylic acids is 2. The number of carbonyl (C=O) groups is 2. The smallest absolute Gasteiger partial charge is 0.245 e. The Balaban J connectivity index is 2.55. The van der Waals surface area contributed by atoms with E-state index in [4.69, 9.17) is 4.84 Å². The Labute approximate surface area is 151 Å². The molecule has 0 heterocycles. The summed E-state index contributed by atoms with van der Waals surface area (Å²) in [6.45, 7) is 4.87. The first-order chi connectivity index (χ1) is 12.2. The van der Waals surface area contributed by atoms with E-state index in [0.717, 1.165) is 18.4 Å². The van der Waals surface area contributed by atoms with E-state index in [-0.39, 0.29) is 12.5 Å². The monoisotopic (exact) mass is 348 g/mol. The van der Waals surface area contributed by atoms with Crippen LogP contribution in [0.25, 0.3) is 0 Å². The van der Waals surface area contributed by atoms with Gasteiger partial charge in [0, 0.05) is 6.54 Å². The lowest BCUT2D eigenvalue weighted by Crippen LogP contribution is -2.46. The van der Waals surface area contributed by atoms with E-state index in [1.54, 1.807) is 0 Å². The van der Waals surface area contributed by atoms with Gasteiger partial charge in [0.2, 0.25) is 12.3 Å². The Morgan fingerprint density at radius 1 is 1.12 bits per heavy atom. The van der Waals surface area contributed by atoms with Gasteiger partial charge in [0.15, 0.2) is 0 Å². The highest BCUT2D eigenvalue weighted by atomic mass is 16.7. The highest BCUT2D eigenvalue weighted by molar-refractivity contribution is 5.83. The van der Waals surface area contributed by atoms with Gasteiger partial charge in [0.1, 0.15) is 12.6 Å². The van der Waals surface area contributed by atoms with Crippen LogP contribution in [-0.4, -0.2) is 30.0 Å². The predicted molar refractivity (Wildman–Crippen MR) is 99.6 cm³/mol. The molecule has 1 N–H and O–H groups in total. The molecule has 0 spiro atoms. The molecule has 2 amide bonds. The fraction of sp³-hybridized carbons (Fsp3) is 0.600. The molecule has 5 nitrogen and oxygen atoms in total. The fourth-order valence-electron chi connectivity index (χ4n) is 2.70.